The van der Waals surface area contributed by atoms with E-state index in [-0.39, 0.29) is 17.3 Å². The maximum atomic E-state index is 12.1. The van der Waals surface area contributed by atoms with E-state index in [1.54, 1.807) is 0 Å². The summed E-state index contributed by atoms with van der Waals surface area (Å²) in [6.45, 7) is 1.57. The minimum Gasteiger partial charge on any atom is -0.490 e. The average Bonchev–Trinajstić information content (AvgIpc) is 2.17. The van der Waals surface area contributed by atoms with Gasteiger partial charge in [0.15, 0.2) is 11.5 Å². The van der Waals surface area contributed by atoms with Gasteiger partial charge in [-0.15, -0.1) is 13.2 Å². The lowest BCUT2D eigenvalue weighted by Gasteiger charge is -2.14. The molecule has 0 spiro atoms. The average molecular weight is 285 g/mol. The summed E-state index contributed by atoms with van der Waals surface area (Å²) in [4.78, 5) is -0.361. The van der Waals surface area contributed by atoms with Crippen molar-refractivity contribution in [3.8, 4) is 11.5 Å². The lowest BCUT2D eigenvalue weighted by Crippen LogP contribution is -2.18. The summed E-state index contributed by atoms with van der Waals surface area (Å²) in [5, 5.41) is 4.85. The fourth-order valence-corrected chi connectivity index (χ4v) is 1.67. The highest BCUT2D eigenvalue weighted by atomic mass is 32.2. The number of sulfonamides is 1. The Morgan fingerprint density at radius 3 is 2.33 bits per heavy atom. The second-order valence-corrected chi connectivity index (χ2v) is 4.70. The molecule has 0 fully saturated rings. The zero-order chi connectivity index (χ0) is 14.0. The van der Waals surface area contributed by atoms with Gasteiger partial charge in [0.1, 0.15) is 0 Å². The molecule has 0 atom stereocenters. The van der Waals surface area contributed by atoms with Crippen molar-refractivity contribution in [3.05, 3.63) is 18.2 Å². The summed E-state index contributed by atoms with van der Waals surface area (Å²) in [7, 11) is -4.02. The van der Waals surface area contributed by atoms with Crippen LogP contribution in [-0.2, 0) is 10.0 Å². The highest BCUT2D eigenvalue weighted by Gasteiger charge is 2.32. The first-order valence-electron chi connectivity index (χ1n) is 4.69. The molecule has 0 radical (unpaired) electrons. The molecule has 1 rings (SSSR count). The third-order valence-electron chi connectivity index (χ3n) is 1.77. The molecule has 5 nitrogen and oxygen atoms in total. The molecular weight excluding hydrogens is 275 g/mol. The van der Waals surface area contributed by atoms with Crippen LogP contribution in [0.4, 0.5) is 13.2 Å². The summed E-state index contributed by atoms with van der Waals surface area (Å²) in [5.74, 6) is -0.974. The predicted octanol–water partition coefficient (Wildman–Crippen LogP) is 1.63. The first-order chi connectivity index (χ1) is 8.13. The van der Waals surface area contributed by atoms with Crippen molar-refractivity contribution >= 4 is 10.0 Å². The van der Waals surface area contributed by atoms with E-state index < -0.39 is 22.1 Å². The van der Waals surface area contributed by atoms with E-state index in [4.69, 9.17) is 9.88 Å². The Kier molecular flexibility index (Phi) is 4.07. The van der Waals surface area contributed by atoms with E-state index in [9.17, 15) is 21.6 Å². The maximum Gasteiger partial charge on any atom is 0.573 e. The van der Waals surface area contributed by atoms with Crippen LogP contribution in [0.1, 0.15) is 6.92 Å². The predicted molar refractivity (Wildman–Crippen MR) is 55.7 cm³/mol. The molecule has 102 valence electrons. The second kappa shape index (κ2) is 5.02. The van der Waals surface area contributed by atoms with E-state index in [2.05, 4.69) is 4.74 Å². The largest absolute Gasteiger partial charge is 0.573 e. The Morgan fingerprint density at radius 1 is 1.28 bits per heavy atom. The van der Waals surface area contributed by atoms with Gasteiger partial charge in [-0.1, -0.05) is 0 Å². The van der Waals surface area contributed by atoms with Crippen LogP contribution in [0.3, 0.4) is 0 Å². The van der Waals surface area contributed by atoms with Gasteiger partial charge in [-0.3, -0.25) is 0 Å². The van der Waals surface area contributed by atoms with Gasteiger partial charge in [0, 0.05) is 6.07 Å². The number of hydrogen-bond donors (Lipinski definition) is 1. The Morgan fingerprint density at radius 2 is 1.89 bits per heavy atom. The van der Waals surface area contributed by atoms with Crippen molar-refractivity contribution in [2.24, 2.45) is 5.14 Å². The monoisotopic (exact) mass is 285 g/mol. The van der Waals surface area contributed by atoms with Crippen LogP contribution in [0.15, 0.2) is 23.1 Å². The molecule has 0 aliphatic rings. The van der Waals surface area contributed by atoms with Crippen molar-refractivity contribution in [3.63, 3.8) is 0 Å². The third-order valence-corrected chi connectivity index (χ3v) is 2.68. The number of nitrogens with two attached hydrogens (primary N) is 1. The molecule has 0 saturated carbocycles. The van der Waals surface area contributed by atoms with Crippen LogP contribution in [0.5, 0.6) is 11.5 Å². The highest BCUT2D eigenvalue weighted by molar-refractivity contribution is 7.89. The van der Waals surface area contributed by atoms with Crippen molar-refractivity contribution in [1.29, 1.82) is 0 Å². The zero-order valence-electron chi connectivity index (χ0n) is 9.19. The van der Waals surface area contributed by atoms with Crippen LogP contribution in [0, 0.1) is 0 Å². The number of halogens is 3. The topological polar surface area (TPSA) is 78.6 Å². The van der Waals surface area contributed by atoms with E-state index in [0.717, 1.165) is 18.2 Å². The molecule has 0 unspecified atom stereocenters. The van der Waals surface area contributed by atoms with Crippen molar-refractivity contribution in [2.75, 3.05) is 6.61 Å². The standard InChI is InChI=1S/C9H10F3NO4S/c1-2-16-8-5-6(18(13,14)15)3-4-7(8)17-9(10,11)12/h3-5H,2H2,1H3,(H2,13,14,15). The van der Waals surface area contributed by atoms with Crippen molar-refractivity contribution in [1.82, 2.24) is 0 Å². The van der Waals surface area contributed by atoms with Gasteiger partial charge in [-0.2, -0.15) is 0 Å². The van der Waals surface area contributed by atoms with Crippen LogP contribution in [-0.4, -0.2) is 21.4 Å². The van der Waals surface area contributed by atoms with E-state index in [0.29, 0.717) is 0 Å². The van der Waals surface area contributed by atoms with E-state index in [1.807, 2.05) is 0 Å². The van der Waals surface area contributed by atoms with Crippen molar-refractivity contribution < 1.29 is 31.1 Å². The Balaban J connectivity index is 3.20. The number of ether oxygens (including phenoxy) is 2. The van der Waals surface area contributed by atoms with Crippen molar-refractivity contribution in [2.45, 2.75) is 18.2 Å². The smallest absolute Gasteiger partial charge is 0.490 e. The molecule has 0 aliphatic heterocycles. The molecule has 0 bridgehead atoms. The Labute approximate surface area is 101 Å². The molecule has 0 amide bonds. The van der Waals surface area contributed by atoms with Gasteiger partial charge < -0.3 is 9.47 Å². The number of benzene rings is 1. The SMILES string of the molecule is CCOc1cc(S(N)(=O)=O)ccc1OC(F)(F)F. The first kappa shape index (κ1) is 14.6. The molecule has 2 N–H and O–H groups in total. The Hall–Kier alpha value is -1.48. The summed E-state index contributed by atoms with van der Waals surface area (Å²) in [6, 6.07) is 2.61. The van der Waals surface area contributed by atoms with Gasteiger partial charge in [0.2, 0.25) is 10.0 Å². The Bertz CT molecular complexity index is 527. The van der Waals surface area contributed by atoms with Crippen LogP contribution >= 0.6 is 0 Å². The third kappa shape index (κ3) is 4.08. The summed E-state index contributed by atoms with van der Waals surface area (Å²) in [6.07, 6.45) is -4.89. The minimum atomic E-state index is -4.89. The lowest BCUT2D eigenvalue weighted by molar-refractivity contribution is -0.275. The zero-order valence-corrected chi connectivity index (χ0v) is 10.0. The van der Waals surface area contributed by atoms with Crippen LogP contribution < -0.4 is 14.6 Å². The molecule has 1 aromatic carbocycles. The summed E-state index contributed by atoms with van der Waals surface area (Å²) < 4.78 is 66.9. The molecule has 0 heterocycles. The summed E-state index contributed by atoms with van der Waals surface area (Å²) >= 11 is 0. The molecule has 0 saturated heterocycles. The van der Waals surface area contributed by atoms with E-state index >= 15 is 0 Å². The molecule has 18 heavy (non-hydrogen) atoms. The van der Waals surface area contributed by atoms with Crippen LogP contribution in [0.25, 0.3) is 0 Å². The molecule has 0 aromatic heterocycles. The fraction of sp³-hybridized carbons (Fsp3) is 0.333. The van der Waals surface area contributed by atoms with Gasteiger partial charge in [0.25, 0.3) is 0 Å². The number of hydrogen-bond acceptors (Lipinski definition) is 4. The van der Waals surface area contributed by atoms with E-state index in [1.165, 1.54) is 6.92 Å². The highest BCUT2D eigenvalue weighted by Crippen LogP contribution is 2.33. The molecular formula is C9H10F3NO4S. The fourth-order valence-electron chi connectivity index (χ4n) is 1.14. The van der Waals surface area contributed by atoms with Gasteiger partial charge in [0.05, 0.1) is 11.5 Å². The normalized spacial score (nSPS) is 12.3. The lowest BCUT2D eigenvalue weighted by atomic mass is 10.3. The van der Waals surface area contributed by atoms with Gasteiger partial charge in [-0.25, -0.2) is 13.6 Å². The van der Waals surface area contributed by atoms with Crippen LogP contribution in [0.2, 0.25) is 0 Å². The minimum absolute atomic E-state index is 0.0439. The quantitative estimate of drug-likeness (QED) is 0.912. The summed E-state index contributed by atoms with van der Waals surface area (Å²) in [5.41, 5.74) is 0. The number of primary sulfonamides is 1. The second-order valence-electron chi connectivity index (χ2n) is 3.13. The van der Waals surface area contributed by atoms with Gasteiger partial charge >= 0.3 is 6.36 Å². The first-order valence-corrected chi connectivity index (χ1v) is 6.23. The molecule has 1 aromatic rings. The maximum absolute atomic E-state index is 12.1. The number of alkyl halides is 3. The molecule has 9 heteroatoms. The van der Waals surface area contributed by atoms with Gasteiger partial charge in [-0.05, 0) is 19.1 Å². The molecule has 0 aliphatic carbocycles. The number of rotatable bonds is 4.